The zero-order valence-corrected chi connectivity index (χ0v) is 16.7. The summed E-state index contributed by atoms with van der Waals surface area (Å²) >= 11 is 2.92. The number of carbonyl (C=O) groups is 3. The Kier molecular flexibility index (Phi) is 5.76. The maximum absolute atomic E-state index is 12.4. The number of thiophene rings is 2. The highest BCUT2D eigenvalue weighted by atomic mass is 32.1. The highest BCUT2D eigenvalue weighted by molar-refractivity contribution is 7.17. The summed E-state index contributed by atoms with van der Waals surface area (Å²) < 4.78 is 5.15. The lowest BCUT2D eigenvalue weighted by atomic mass is 10.1. The Morgan fingerprint density at radius 2 is 2.04 bits per heavy atom. The first kappa shape index (κ1) is 19.3. The van der Waals surface area contributed by atoms with Gasteiger partial charge in [0.15, 0.2) is 6.10 Å². The van der Waals surface area contributed by atoms with Gasteiger partial charge >= 0.3 is 5.97 Å². The predicted octanol–water partition coefficient (Wildman–Crippen LogP) is 3.29. The van der Waals surface area contributed by atoms with E-state index in [1.165, 1.54) is 24.3 Å². The van der Waals surface area contributed by atoms with Crippen LogP contribution in [-0.4, -0.2) is 23.9 Å². The van der Waals surface area contributed by atoms with E-state index in [2.05, 4.69) is 5.32 Å². The lowest BCUT2D eigenvalue weighted by molar-refractivity contribution is -0.148. The summed E-state index contributed by atoms with van der Waals surface area (Å²) in [6.07, 6.45) is 4.61. The fraction of sp³-hybridized carbons (Fsp3) is 0.316. The van der Waals surface area contributed by atoms with E-state index in [-0.39, 0.29) is 0 Å². The van der Waals surface area contributed by atoms with Gasteiger partial charge < -0.3 is 15.8 Å². The number of esters is 1. The molecule has 0 aliphatic heterocycles. The number of nitrogens with two attached hydrogens (primary N) is 1. The summed E-state index contributed by atoms with van der Waals surface area (Å²) in [6.45, 7) is 3.47. The summed E-state index contributed by atoms with van der Waals surface area (Å²) in [7, 11) is 0. The minimum atomic E-state index is -0.995. The molecule has 0 bridgehead atoms. The number of nitrogens with one attached hydrogen (secondary N) is 1. The van der Waals surface area contributed by atoms with E-state index in [1.807, 2.05) is 19.1 Å². The van der Waals surface area contributed by atoms with Crippen molar-refractivity contribution in [3.05, 3.63) is 44.0 Å². The minimum Gasteiger partial charge on any atom is -0.449 e. The number of rotatable bonds is 6. The molecule has 8 heteroatoms. The number of primary amides is 1. The van der Waals surface area contributed by atoms with Gasteiger partial charge in [0.25, 0.3) is 11.8 Å². The average Bonchev–Trinajstić information content (AvgIpc) is 3.28. The second kappa shape index (κ2) is 8.06. The number of aryl methyl sites for hydroxylation is 2. The maximum Gasteiger partial charge on any atom is 0.331 e. The Hall–Kier alpha value is -2.45. The summed E-state index contributed by atoms with van der Waals surface area (Å²) in [6, 6.07) is 3.86. The third kappa shape index (κ3) is 4.45. The van der Waals surface area contributed by atoms with Crippen LogP contribution in [0.1, 0.15) is 43.9 Å². The molecule has 1 aliphatic carbocycles. The van der Waals surface area contributed by atoms with Crippen LogP contribution in [0.15, 0.2) is 18.2 Å². The van der Waals surface area contributed by atoms with E-state index in [9.17, 15) is 14.4 Å². The van der Waals surface area contributed by atoms with Gasteiger partial charge in [-0.3, -0.25) is 9.59 Å². The summed E-state index contributed by atoms with van der Waals surface area (Å²) in [5.74, 6) is -1.65. The van der Waals surface area contributed by atoms with Crippen LogP contribution in [0.5, 0.6) is 0 Å². The summed E-state index contributed by atoms with van der Waals surface area (Å²) in [5.41, 5.74) is 6.80. The molecule has 27 heavy (non-hydrogen) atoms. The Labute approximate surface area is 165 Å². The number of ether oxygens (including phenoxy) is 1. The van der Waals surface area contributed by atoms with E-state index < -0.39 is 23.9 Å². The van der Waals surface area contributed by atoms with Crippen molar-refractivity contribution >= 4 is 51.5 Å². The smallest absolute Gasteiger partial charge is 0.331 e. The third-order valence-corrected chi connectivity index (χ3v) is 6.38. The molecule has 1 atom stereocenters. The van der Waals surface area contributed by atoms with Gasteiger partial charge in [0, 0.05) is 20.7 Å². The molecule has 0 saturated carbocycles. The van der Waals surface area contributed by atoms with E-state index >= 15 is 0 Å². The van der Waals surface area contributed by atoms with Gasteiger partial charge in [0.2, 0.25) is 0 Å². The van der Waals surface area contributed by atoms with Crippen molar-refractivity contribution in [3.63, 3.8) is 0 Å². The van der Waals surface area contributed by atoms with Gasteiger partial charge in [-0.1, -0.05) is 0 Å². The number of amides is 2. The molecular weight excluding hydrogens is 384 g/mol. The number of fused-ring (bicyclic) bond motifs is 1. The lowest BCUT2D eigenvalue weighted by Gasteiger charge is -2.12. The fourth-order valence-corrected chi connectivity index (χ4v) is 5.00. The molecule has 0 aromatic carbocycles. The van der Waals surface area contributed by atoms with Crippen molar-refractivity contribution < 1.29 is 19.1 Å². The van der Waals surface area contributed by atoms with Crippen LogP contribution >= 0.6 is 22.7 Å². The first-order valence-corrected chi connectivity index (χ1v) is 10.2. The summed E-state index contributed by atoms with van der Waals surface area (Å²) in [4.78, 5) is 39.2. The molecule has 0 radical (unpaired) electrons. The molecule has 6 nitrogen and oxygen atoms in total. The highest BCUT2D eigenvalue weighted by Gasteiger charge is 2.27. The molecule has 3 N–H and O–H groups in total. The molecule has 0 spiro atoms. The van der Waals surface area contributed by atoms with Gasteiger partial charge in [-0.15, -0.1) is 22.7 Å². The highest BCUT2D eigenvalue weighted by Crippen LogP contribution is 2.38. The van der Waals surface area contributed by atoms with Crippen LogP contribution < -0.4 is 11.1 Å². The Morgan fingerprint density at radius 1 is 1.26 bits per heavy atom. The van der Waals surface area contributed by atoms with E-state index in [4.69, 9.17) is 10.5 Å². The summed E-state index contributed by atoms with van der Waals surface area (Å²) in [5, 5.41) is 3.12. The van der Waals surface area contributed by atoms with Crippen molar-refractivity contribution in [1.29, 1.82) is 0 Å². The first-order chi connectivity index (χ1) is 12.8. The van der Waals surface area contributed by atoms with Gasteiger partial charge in [0.05, 0.1) is 5.56 Å². The van der Waals surface area contributed by atoms with Crippen LogP contribution in [0.25, 0.3) is 6.08 Å². The van der Waals surface area contributed by atoms with E-state index in [1.54, 1.807) is 17.4 Å². The molecule has 2 aromatic rings. The van der Waals surface area contributed by atoms with Gasteiger partial charge in [-0.2, -0.15) is 0 Å². The van der Waals surface area contributed by atoms with E-state index in [0.717, 1.165) is 39.5 Å². The second-order valence-corrected chi connectivity index (χ2v) is 8.70. The molecule has 1 aliphatic rings. The monoisotopic (exact) mass is 404 g/mol. The quantitative estimate of drug-likeness (QED) is 0.570. The van der Waals surface area contributed by atoms with Gasteiger partial charge in [-0.25, -0.2) is 4.79 Å². The Morgan fingerprint density at radius 3 is 2.70 bits per heavy atom. The van der Waals surface area contributed by atoms with Crippen molar-refractivity contribution in [1.82, 2.24) is 0 Å². The number of anilines is 1. The maximum atomic E-state index is 12.4. The molecule has 142 valence electrons. The van der Waals surface area contributed by atoms with Crippen molar-refractivity contribution in [2.45, 2.75) is 39.2 Å². The van der Waals surface area contributed by atoms with Gasteiger partial charge in [0.1, 0.15) is 5.00 Å². The standard InChI is InChI=1S/C19H20N2O4S2/c1-10-6-7-12(26-10)8-9-15(22)25-11(2)18(24)21-19-16(17(20)23)13-4-3-5-14(13)27-19/h6-9,11H,3-5H2,1-2H3,(H2,20,23)(H,21,24)/b9-8+/t11-/m0/s1. The van der Waals surface area contributed by atoms with Crippen LogP contribution in [0.2, 0.25) is 0 Å². The topological polar surface area (TPSA) is 98.5 Å². The van der Waals surface area contributed by atoms with Gasteiger partial charge in [-0.05, 0) is 56.9 Å². The molecule has 2 amide bonds. The Balaban J connectivity index is 1.62. The first-order valence-electron chi connectivity index (χ1n) is 8.55. The van der Waals surface area contributed by atoms with Crippen LogP contribution in [0.3, 0.4) is 0 Å². The van der Waals surface area contributed by atoms with Crippen LogP contribution in [0.4, 0.5) is 5.00 Å². The number of carbonyl (C=O) groups excluding carboxylic acids is 3. The second-order valence-electron chi connectivity index (χ2n) is 6.28. The van der Waals surface area contributed by atoms with Crippen LogP contribution in [-0.2, 0) is 27.2 Å². The zero-order chi connectivity index (χ0) is 19.6. The largest absolute Gasteiger partial charge is 0.449 e. The lowest BCUT2D eigenvalue weighted by Crippen LogP contribution is -2.30. The Bertz CT molecular complexity index is 926. The van der Waals surface area contributed by atoms with Crippen molar-refractivity contribution in [2.75, 3.05) is 5.32 Å². The molecule has 3 rings (SSSR count). The molecule has 0 saturated heterocycles. The van der Waals surface area contributed by atoms with Crippen LogP contribution in [0, 0.1) is 6.92 Å². The molecule has 0 fully saturated rings. The molecule has 2 aromatic heterocycles. The third-order valence-electron chi connectivity index (χ3n) is 4.21. The normalized spacial score (nSPS) is 14.1. The fourth-order valence-electron chi connectivity index (χ4n) is 2.93. The van der Waals surface area contributed by atoms with Crippen molar-refractivity contribution in [3.8, 4) is 0 Å². The molecule has 2 heterocycles. The minimum absolute atomic E-state index is 0.382. The predicted molar refractivity (Wildman–Crippen MR) is 107 cm³/mol. The molecule has 0 unspecified atom stereocenters. The number of hydrogen-bond donors (Lipinski definition) is 2. The zero-order valence-electron chi connectivity index (χ0n) is 15.0. The van der Waals surface area contributed by atoms with E-state index in [0.29, 0.717) is 10.6 Å². The number of hydrogen-bond acceptors (Lipinski definition) is 6. The SMILES string of the molecule is Cc1ccc(/C=C/C(=O)O[C@@H](C)C(=O)Nc2sc3c(c2C(N)=O)CCC3)s1. The van der Waals surface area contributed by atoms with Crippen molar-refractivity contribution in [2.24, 2.45) is 5.73 Å². The molecular formula is C19H20N2O4S2. The average molecular weight is 405 g/mol.